The number of anilines is 2. The Morgan fingerprint density at radius 2 is 1.70 bits per heavy atom. The highest BCUT2D eigenvalue weighted by Crippen LogP contribution is 2.37. The van der Waals surface area contributed by atoms with Crippen LogP contribution < -0.4 is 24.4 Å². The number of hydrogen-bond acceptors (Lipinski definition) is 11. The van der Waals surface area contributed by atoms with Crippen molar-refractivity contribution in [3.63, 3.8) is 0 Å². The van der Waals surface area contributed by atoms with E-state index in [9.17, 15) is 8.42 Å². The smallest absolute Gasteiger partial charge is 0.380 e. The van der Waals surface area contributed by atoms with Gasteiger partial charge in [-0.25, -0.2) is 9.99 Å². The standard InChI is InChI=1S/C14H12Br2N6O6S2/c15-11-5-9(1-3-13(11)25-29-28-27-17)22(21-8-19-7-20-21)10-2-4-14(12(16)6-10)26-30(18,23)24/h1-8H,17H2,(H2,18,23,24). The molecule has 0 bridgehead atoms. The van der Waals surface area contributed by atoms with Crippen molar-refractivity contribution in [1.29, 1.82) is 0 Å². The first-order valence-corrected chi connectivity index (χ1v) is 11.3. The molecule has 16 heteroatoms. The number of halogens is 2. The maximum absolute atomic E-state index is 11.2. The number of nitrogens with zero attached hydrogens (tertiary/aromatic N) is 4. The van der Waals surface area contributed by atoms with Crippen LogP contribution >= 0.6 is 44.2 Å². The van der Waals surface area contributed by atoms with E-state index in [2.05, 4.69) is 51.3 Å². The molecule has 0 atom stereocenters. The van der Waals surface area contributed by atoms with E-state index >= 15 is 0 Å². The van der Waals surface area contributed by atoms with Gasteiger partial charge in [-0.1, -0.05) is 0 Å². The van der Waals surface area contributed by atoms with E-state index in [1.165, 1.54) is 23.5 Å². The summed E-state index contributed by atoms with van der Waals surface area (Å²) in [6.45, 7) is 0. The Labute approximate surface area is 191 Å². The van der Waals surface area contributed by atoms with Crippen molar-refractivity contribution >= 4 is 65.9 Å². The SMILES string of the molecule is NOOSOc1ccc(N(c2ccc(OS(N)(=O)=O)c(Br)c2)n2cncn2)cc1Br. The second-order valence-electron chi connectivity index (χ2n) is 5.25. The van der Waals surface area contributed by atoms with Gasteiger partial charge in [0.05, 0.1) is 20.3 Å². The van der Waals surface area contributed by atoms with E-state index in [1.54, 1.807) is 35.3 Å². The topological polar surface area (TPSA) is 157 Å². The highest BCUT2D eigenvalue weighted by Gasteiger charge is 2.18. The van der Waals surface area contributed by atoms with E-state index in [1.807, 2.05) is 0 Å². The number of benzene rings is 2. The van der Waals surface area contributed by atoms with Gasteiger partial charge >= 0.3 is 10.3 Å². The van der Waals surface area contributed by atoms with Gasteiger partial charge in [-0.05, 0) is 68.3 Å². The molecule has 30 heavy (non-hydrogen) atoms. The van der Waals surface area contributed by atoms with Gasteiger partial charge < -0.3 is 8.37 Å². The molecule has 160 valence electrons. The molecule has 2 aromatic carbocycles. The fourth-order valence-electron chi connectivity index (χ4n) is 2.26. The van der Waals surface area contributed by atoms with Gasteiger partial charge in [0, 0.05) is 0 Å². The lowest BCUT2D eigenvalue weighted by Gasteiger charge is -2.25. The van der Waals surface area contributed by atoms with Crippen LogP contribution in [0.5, 0.6) is 11.5 Å². The van der Waals surface area contributed by atoms with E-state index in [0.29, 0.717) is 38.4 Å². The van der Waals surface area contributed by atoms with Crippen molar-refractivity contribution in [2.75, 3.05) is 5.01 Å². The third-order valence-corrected chi connectivity index (χ3v) is 5.36. The maximum Gasteiger partial charge on any atom is 0.380 e. The van der Waals surface area contributed by atoms with Gasteiger partial charge in [-0.3, -0.25) is 0 Å². The van der Waals surface area contributed by atoms with Crippen LogP contribution in [-0.2, 0) is 19.6 Å². The molecule has 0 spiro atoms. The summed E-state index contributed by atoms with van der Waals surface area (Å²) in [5.74, 6) is 5.23. The van der Waals surface area contributed by atoms with Crippen molar-refractivity contribution < 1.29 is 26.1 Å². The Morgan fingerprint density at radius 1 is 1.07 bits per heavy atom. The number of nitrogens with two attached hydrogens (primary N) is 2. The molecular formula is C14H12Br2N6O6S2. The van der Waals surface area contributed by atoms with Crippen LogP contribution in [0.3, 0.4) is 0 Å². The van der Waals surface area contributed by atoms with Gasteiger partial charge in [0.1, 0.15) is 12.7 Å². The summed E-state index contributed by atoms with van der Waals surface area (Å²) in [6.07, 6.45) is 2.86. The predicted octanol–water partition coefficient (Wildman–Crippen LogP) is 2.75. The Morgan fingerprint density at radius 3 is 2.20 bits per heavy atom. The first kappa shape index (κ1) is 22.8. The second-order valence-corrected chi connectivity index (χ2v) is 8.55. The van der Waals surface area contributed by atoms with Gasteiger partial charge in [-0.2, -0.15) is 24.2 Å². The van der Waals surface area contributed by atoms with E-state index in [0.717, 1.165) is 0 Å². The molecule has 0 fully saturated rings. The van der Waals surface area contributed by atoms with Crippen molar-refractivity contribution in [2.45, 2.75) is 0 Å². The Balaban J connectivity index is 1.97. The molecule has 0 saturated carbocycles. The lowest BCUT2D eigenvalue weighted by Crippen LogP contribution is -2.25. The Hall–Kier alpha value is -1.92. The minimum atomic E-state index is -4.17. The van der Waals surface area contributed by atoms with Crippen LogP contribution in [0, 0.1) is 0 Å². The monoisotopic (exact) mass is 582 g/mol. The minimum Gasteiger partial charge on any atom is -0.397 e. The fraction of sp³-hybridized carbons (Fsp3) is 0. The lowest BCUT2D eigenvalue weighted by atomic mass is 10.2. The van der Waals surface area contributed by atoms with Crippen LogP contribution in [0.15, 0.2) is 58.0 Å². The summed E-state index contributed by atoms with van der Waals surface area (Å²) >= 11 is 7.23. The fourth-order valence-corrected chi connectivity index (χ4v) is 4.04. The number of hydrogen-bond donors (Lipinski definition) is 2. The highest BCUT2D eigenvalue weighted by molar-refractivity contribution is 9.11. The molecule has 0 saturated heterocycles. The molecular weight excluding hydrogens is 572 g/mol. The first-order valence-electron chi connectivity index (χ1n) is 7.61. The zero-order valence-electron chi connectivity index (χ0n) is 14.6. The zero-order chi connectivity index (χ0) is 21.7. The molecule has 0 aliphatic heterocycles. The van der Waals surface area contributed by atoms with Crippen molar-refractivity contribution in [3.05, 3.63) is 58.0 Å². The van der Waals surface area contributed by atoms with Gasteiger partial charge in [0.2, 0.25) is 0 Å². The van der Waals surface area contributed by atoms with E-state index < -0.39 is 10.3 Å². The summed E-state index contributed by atoms with van der Waals surface area (Å²) in [5, 5.41) is 10.8. The molecule has 3 rings (SSSR count). The quantitative estimate of drug-likeness (QED) is 0.165. The normalized spacial score (nSPS) is 11.3. The summed E-state index contributed by atoms with van der Waals surface area (Å²) < 4.78 is 37.8. The molecule has 4 N–H and O–H groups in total. The van der Waals surface area contributed by atoms with Gasteiger partial charge in [0.15, 0.2) is 11.5 Å². The Kier molecular flexibility index (Phi) is 7.53. The van der Waals surface area contributed by atoms with Gasteiger partial charge in [-0.15, -0.1) is 14.4 Å². The van der Waals surface area contributed by atoms with Crippen LogP contribution in [0.25, 0.3) is 0 Å². The molecule has 0 aliphatic rings. The van der Waals surface area contributed by atoms with Crippen LogP contribution in [0.1, 0.15) is 0 Å². The van der Waals surface area contributed by atoms with E-state index in [4.69, 9.17) is 19.4 Å². The number of rotatable bonds is 9. The van der Waals surface area contributed by atoms with Crippen LogP contribution in [-0.4, -0.2) is 23.3 Å². The average Bonchev–Trinajstić information content (AvgIpc) is 3.19. The summed E-state index contributed by atoms with van der Waals surface area (Å²) in [6, 6.07) is 9.86. The molecule has 0 amide bonds. The molecule has 12 nitrogen and oxygen atoms in total. The van der Waals surface area contributed by atoms with Crippen molar-refractivity contribution in [1.82, 2.24) is 14.9 Å². The summed E-state index contributed by atoms with van der Waals surface area (Å²) in [4.78, 5) is 9.40. The molecule has 1 heterocycles. The van der Waals surface area contributed by atoms with Gasteiger partial charge in [0.25, 0.3) is 12.3 Å². The van der Waals surface area contributed by atoms with E-state index in [-0.39, 0.29) is 5.75 Å². The summed E-state index contributed by atoms with van der Waals surface area (Å²) in [5.41, 5.74) is 1.26. The van der Waals surface area contributed by atoms with Crippen LogP contribution in [0.4, 0.5) is 11.4 Å². The molecule has 0 aliphatic carbocycles. The van der Waals surface area contributed by atoms with Crippen LogP contribution in [0.2, 0.25) is 0 Å². The highest BCUT2D eigenvalue weighted by atomic mass is 79.9. The first-order chi connectivity index (χ1) is 14.3. The third-order valence-electron chi connectivity index (χ3n) is 3.33. The van der Waals surface area contributed by atoms with Crippen molar-refractivity contribution in [3.8, 4) is 11.5 Å². The molecule has 3 aromatic rings. The lowest BCUT2D eigenvalue weighted by molar-refractivity contribution is -0.199. The summed E-state index contributed by atoms with van der Waals surface area (Å²) in [7, 11) is -4.17. The van der Waals surface area contributed by atoms with Crippen molar-refractivity contribution in [2.24, 2.45) is 11.0 Å². The number of aromatic nitrogens is 3. The molecule has 1 aromatic heterocycles. The maximum atomic E-state index is 11.2. The Bertz CT molecular complexity index is 1120. The predicted molar refractivity (Wildman–Crippen MR) is 114 cm³/mol. The molecule has 0 radical (unpaired) electrons. The second kappa shape index (κ2) is 9.92. The zero-order valence-corrected chi connectivity index (χ0v) is 19.4. The largest absolute Gasteiger partial charge is 0.397 e. The molecule has 0 unspecified atom stereocenters. The minimum absolute atomic E-state index is 0.0314. The average molecular weight is 584 g/mol. The third kappa shape index (κ3) is 5.82.